The summed E-state index contributed by atoms with van der Waals surface area (Å²) in [6.45, 7) is 7.67. The molecule has 0 bridgehead atoms. The number of morpholine rings is 1. The van der Waals surface area contributed by atoms with Crippen molar-refractivity contribution in [2.24, 2.45) is 5.92 Å². The number of nitrogens with zero attached hydrogens (tertiary/aromatic N) is 5. The molecule has 4 rings (SSSR count). The Morgan fingerprint density at radius 1 is 1.24 bits per heavy atom. The van der Waals surface area contributed by atoms with Crippen LogP contribution in [-0.4, -0.2) is 90.0 Å². The summed E-state index contributed by atoms with van der Waals surface area (Å²) in [6, 6.07) is 3.69. The van der Waals surface area contributed by atoms with E-state index in [0.29, 0.717) is 23.2 Å². The lowest BCUT2D eigenvalue weighted by molar-refractivity contribution is 0.0223. The molecule has 0 saturated carbocycles. The number of hydrogen-bond acceptors (Lipinski definition) is 5. The first-order valence-corrected chi connectivity index (χ1v) is 10.8. The Kier molecular flexibility index (Phi) is 6.39. The molecule has 29 heavy (non-hydrogen) atoms. The molecule has 2 aliphatic heterocycles. The van der Waals surface area contributed by atoms with Gasteiger partial charge in [-0.25, -0.2) is 4.98 Å². The summed E-state index contributed by atoms with van der Waals surface area (Å²) in [5.74, 6) is 0.583. The Morgan fingerprint density at radius 3 is 2.79 bits per heavy atom. The van der Waals surface area contributed by atoms with Crippen LogP contribution in [0.15, 0.2) is 18.3 Å². The number of halogens is 1. The highest BCUT2D eigenvalue weighted by Crippen LogP contribution is 2.23. The summed E-state index contributed by atoms with van der Waals surface area (Å²) >= 11 is 6.24. The number of pyridine rings is 1. The van der Waals surface area contributed by atoms with E-state index in [9.17, 15) is 4.79 Å². The minimum Gasteiger partial charge on any atom is -0.379 e. The second kappa shape index (κ2) is 9.00. The molecule has 2 aromatic heterocycles. The SMILES string of the molecule is CN(C)C(=O)c1nc2ccc(Cl)cn2c1CN1CCC[C@@H](CN2CCOCC2)C1. The molecule has 0 aromatic carbocycles. The predicted octanol–water partition coefficient (Wildman–Crippen LogP) is 2.23. The first-order valence-electron chi connectivity index (χ1n) is 10.4. The molecular formula is C21H30ClN5O2. The highest BCUT2D eigenvalue weighted by Gasteiger charge is 2.27. The van der Waals surface area contributed by atoms with E-state index < -0.39 is 0 Å². The minimum absolute atomic E-state index is 0.0679. The lowest BCUT2D eigenvalue weighted by atomic mass is 9.97. The fraction of sp³-hybridized carbons (Fsp3) is 0.619. The predicted molar refractivity (Wildman–Crippen MR) is 113 cm³/mol. The largest absolute Gasteiger partial charge is 0.379 e. The molecule has 0 unspecified atom stereocenters. The van der Waals surface area contributed by atoms with Gasteiger partial charge in [0, 0.05) is 53.0 Å². The molecule has 0 spiro atoms. The number of fused-ring (bicyclic) bond motifs is 1. The molecule has 7 nitrogen and oxygen atoms in total. The van der Waals surface area contributed by atoms with Crippen molar-refractivity contribution in [1.29, 1.82) is 0 Å². The molecule has 158 valence electrons. The third kappa shape index (κ3) is 4.74. The maximum absolute atomic E-state index is 12.8. The van der Waals surface area contributed by atoms with E-state index in [-0.39, 0.29) is 5.91 Å². The number of carbonyl (C=O) groups excluding carboxylic acids is 1. The minimum atomic E-state index is -0.0679. The maximum atomic E-state index is 12.8. The highest BCUT2D eigenvalue weighted by molar-refractivity contribution is 6.30. The van der Waals surface area contributed by atoms with Crippen LogP contribution in [-0.2, 0) is 11.3 Å². The molecule has 2 fully saturated rings. The summed E-state index contributed by atoms with van der Waals surface area (Å²) in [7, 11) is 3.53. The fourth-order valence-corrected chi connectivity index (χ4v) is 4.57. The Labute approximate surface area is 177 Å². The van der Waals surface area contributed by atoms with E-state index in [2.05, 4.69) is 14.8 Å². The molecule has 1 atom stereocenters. The smallest absolute Gasteiger partial charge is 0.273 e. The van der Waals surface area contributed by atoms with Crippen LogP contribution in [0, 0.1) is 5.92 Å². The normalized spacial score (nSPS) is 21.6. The van der Waals surface area contributed by atoms with Crippen molar-refractivity contribution in [3.8, 4) is 0 Å². The van der Waals surface area contributed by atoms with Gasteiger partial charge in [0.2, 0.25) is 0 Å². The summed E-state index contributed by atoms with van der Waals surface area (Å²) in [5.41, 5.74) is 2.21. The van der Waals surface area contributed by atoms with Crippen LogP contribution in [0.2, 0.25) is 5.02 Å². The van der Waals surface area contributed by atoms with Gasteiger partial charge in [0.05, 0.1) is 23.9 Å². The van der Waals surface area contributed by atoms with Gasteiger partial charge < -0.3 is 14.0 Å². The molecule has 8 heteroatoms. The van der Waals surface area contributed by atoms with E-state index in [1.54, 1.807) is 19.0 Å². The summed E-state index contributed by atoms with van der Waals surface area (Å²) < 4.78 is 7.45. The van der Waals surface area contributed by atoms with Crippen molar-refractivity contribution < 1.29 is 9.53 Å². The van der Waals surface area contributed by atoms with Crippen molar-refractivity contribution in [2.75, 3.05) is 60.0 Å². The van der Waals surface area contributed by atoms with E-state index >= 15 is 0 Å². The first-order chi connectivity index (χ1) is 14.0. The van der Waals surface area contributed by atoms with Crippen molar-refractivity contribution in [1.82, 2.24) is 24.1 Å². The number of likely N-dealkylation sites (tertiary alicyclic amines) is 1. The van der Waals surface area contributed by atoms with Crippen LogP contribution >= 0.6 is 11.6 Å². The van der Waals surface area contributed by atoms with Gasteiger partial charge in [-0.15, -0.1) is 0 Å². The van der Waals surface area contributed by atoms with Crippen LogP contribution < -0.4 is 0 Å². The number of imidazole rings is 1. The third-order valence-electron chi connectivity index (χ3n) is 5.89. The zero-order chi connectivity index (χ0) is 20.4. The molecule has 4 heterocycles. The first kappa shape index (κ1) is 20.6. The van der Waals surface area contributed by atoms with Crippen LogP contribution in [0.25, 0.3) is 5.65 Å². The zero-order valence-electron chi connectivity index (χ0n) is 17.3. The van der Waals surface area contributed by atoms with E-state index in [0.717, 1.165) is 57.3 Å². The van der Waals surface area contributed by atoms with Crippen LogP contribution in [0.3, 0.4) is 0 Å². The molecular weight excluding hydrogens is 390 g/mol. The molecule has 1 amide bonds. The third-order valence-corrected chi connectivity index (χ3v) is 6.11. The fourth-order valence-electron chi connectivity index (χ4n) is 4.41. The number of amides is 1. The standard InChI is InChI=1S/C21H30ClN5O2/c1-24(2)21(28)20-18(27-14-17(22)5-6-19(27)23-20)15-26-7-3-4-16(13-26)12-25-8-10-29-11-9-25/h5-6,14,16H,3-4,7-13,15H2,1-2H3/t16-/m0/s1. The van der Waals surface area contributed by atoms with Crippen LogP contribution in [0.5, 0.6) is 0 Å². The molecule has 2 saturated heterocycles. The Hall–Kier alpha value is -1.67. The summed E-state index contributed by atoms with van der Waals surface area (Å²) in [5, 5.41) is 0.642. The number of piperidine rings is 1. The van der Waals surface area contributed by atoms with E-state index in [1.165, 1.54) is 12.8 Å². The molecule has 2 aromatic rings. The van der Waals surface area contributed by atoms with Crippen molar-refractivity contribution in [2.45, 2.75) is 19.4 Å². The van der Waals surface area contributed by atoms with Gasteiger partial charge in [-0.3, -0.25) is 14.6 Å². The van der Waals surface area contributed by atoms with Gasteiger partial charge >= 0.3 is 0 Å². The zero-order valence-corrected chi connectivity index (χ0v) is 18.1. The topological polar surface area (TPSA) is 53.3 Å². The van der Waals surface area contributed by atoms with Crippen LogP contribution in [0.4, 0.5) is 0 Å². The second-order valence-corrected chi connectivity index (χ2v) is 8.77. The number of ether oxygens (including phenoxy) is 1. The maximum Gasteiger partial charge on any atom is 0.273 e. The number of rotatable bonds is 5. The number of aromatic nitrogens is 2. The Bertz CT molecular complexity index is 862. The summed E-state index contributed by atoms with van der Waals surface area (Å²) in [6.07, 6.45) is 4.31. The molecule has 0 radical (unpaired) electrons. The average molecular weight is 420 g/mol. The molecule has 0 aliphatic carbocycles. The highest BCUT2D eigenvalue weighted by atomic mass is 35.5. The Morgan fingerprint density at radius 2 is 2.03 bits per heavy atom. The quantitative estimate of drug-likeness (QED) is 0.743. The van der Waals surface area contributed by atoms with Gasteiger partial charge in [0.15, 0.2) is 5.69 Å². The molecule has 0 N–H and O–H groups in total. The lowest BCUT2D eigenvalue weighted by Crippen LogP contribution is -2.44. The van der Waals surface area contributed by atoms with E-state index in [1.807, 2.05) is 22.7 Å². The van der Waals surface area contributed by atoms with Gasteiger partial charge in [-0.05, 0) is 37.4 Å². The lowest BCUT2D eigenvalue weighted by Gasteiger charge is -2.36. The second-order valence-electron chi connectivity index (χ2n) is 8.34. The van der Waals surface area contributed by atoms with Gasteiger partial charge in [-0.2, -0.15) is 0 Å². The van der Waals surface area contributed by atoms with Crippen molar-refractivity contribution in [3.63, 3.8) is 0 Å². The van der Waals surface area contributed by atoms with Gasteiger partial charge in [-0.1, -0.05) is 11.6 Å². The average Bonchev–Trinajstić information content (AvgIpc) is 3.06. The molecule has 2 aliphatic rings. The number of hydrogen-bond donors (Lipinski definition) is 0. The van der Waals surface area contributed by atoms with Crippen LogP contribution in [0.1, 0.15) is 29.0 Å². The van der Waals surface area contributed by atoms with Gasteiger partial charge in [0.1, 0.15) is 5.65 Å². The van der Waals surface area contributed by atoms with Crippen molar-refractivity contribution >= 4 is 23.2 Å². The van der Waals surface area contributed by atoms with E-state index in [4.69, 9.17) is 16.3 Å². The Balaban J connectivity index is 1.53. The monoisotopic (exact) mass is 419 g/mol. The van der Waals surface area contributed by atoms with Crippen molar-refractivity contribution in [3.05, 3.63) is 34.7 Å². The van der Waals surface area contributed by atoms with Gasteiger partial charge in [0.25, 0.3) is 5.91 Å². The number of carbonyl (C=O) groups is 1. The summed E-state index contributed by atoms with van der Waals surface area (Å²) in [4.78, 5) is 24.0.